The van der Waals surface area contributed by atoms with Crippen LogP contribution in [0, 0.1) is 0 Å². The number of carbonyl (C=O) groups excluding carboxylic acids is 11. The Labute approximate surface area is 513 Å². The number of carbonyl (C=O) groups is 11. The second kappa shape index (κ2) is 77.9. The van der Waals surface area contributed by atoms with Gasteiger partial charge in [-0.1, -0.05) is 82.3 Å². The zero-order chi connectivity index (χ0) is 58.6. The van der Waals surface area contributed by atoms with Crippen molar-refractivity contribution in [1.82, 2.24) is 47.6 Å². The summed E-state index contributed by atoms with van der Waals surface area (Å²) in [5.74, 6) is -0.199. The molecule has 1 saturated heterocycles. The Kier molecular flexibility index (Phi) is 95.2. The third-order valence-electron chi connectivity index (χ3n) is 8.79. The van der Waals surface area contributed by atoms with Gasteiger partial charge in [0.1, 0.15) is 0 Å². The predicted octanol–water partition coefficient (Wildman–Crippen LogP) is 3.97. The van der Waals surface area contributed by atoms with Crippen molar-refractivity contribution in [3.05, 3.63) is 0 Å². The van der Waals surface area contributed by atoms with Crippen molar-refractivity contribution in [2.75, 3.05) is 129 Å². The average molecular weight is 1340 g/mol. The number of methoxy groups -OCH3 is 3. The largest absolute Gasteiger partial charge is 0.385 e. The van der Waals surface area contributed by atoms with Gasteiger partial charge in [-0.3, -0.25) is 47.9 Å². The third-order valence-corrected chi connectivity index (χ3v) is 11.2. The molecule has 1 aliphatic rings. The quantitative estimate of drug-likeness (QED) is 0.0184. The van der Waals surface area contributed by atoms with E-state index in [-0.39, 0.29) is 127 Å². The zero-order valence-electron chi connectivity index (χ0n) is 45.8. The summed E-state index contributed by atoms with van der Waals surface area (Å²) >= 11 is 11.4. The molecule has 1 heterocycles. The molecule has 10 amide bonds. The van der Waals surface area contributed by atoms with Gasteiger partial charge in [-0.25, -0.2) is 4.79 Å². The number of hydrogen-bond acceptors (Lipinski definition) is 18. The van der Waals surface area contributed by atoms with Crippen molar-refractivity contribution >= 4 is 121 Å². The van der Waals surface area contributed by atoms with E-state index in [4.69, 9.17) is 14.2 Å². The van der Waals surface area contributed by atoms with Crippen LogP contribution < -0.4 is 48.3 Å². The van der Waals surface area contributed by atoms with Gasteiger partial charge < -0.3 is 67.3 Å². The van der Waals surface area contributed by atoms with E-state index in [0.29, 0.717) is 82.5 Å². The van der Waals surface area contributed by atoms with Crippen molar-refractivity contribution in [3.8, 4) is 0 Å². The van der Waals surface area contributed by atoms with Gasteiger partial charge in [0, 0.05) is 139 Å². The van der Waals surface area contributed by atoms with E-state index in [0.717, 1.165) is 63.0 Å². The first kappa shape index (κ1) is 99.0. The molecule has 0 unspecified atom stereocenters. The minimum atomic E-state index is -0.733. The Hall–Kier alpha value is -4.13. The fourth-order valence-electron chi connectivity index (χ4n) is 4.81. The second-order valence-corrected chi connectivity index (χ2v) is 17.8. The number of amides is 10. The predicted molar refractivity (Wildman–Crippen MR) is 337 cm³/mol. The van der Waals surface area contributed by atoms with E-state index in [1.54, 1.807) is 35.4 Å². The zero-order valence-corrected chi connectivity index (χ0v) is 50.6. The monoisotopic (exact) mass is 1340 g/mol. The molecule has 0 aromatic carbocycles. The molecular formula is C52H110Br2N10O15S2. The first-order valence-corrected chi connectivity index (χ1v) is 28.9. The normalized spacial score (nSPS) is 10.1. The van der Waals surface area contributed by atoms with Crippen molar-refractivity contribution in [2.24, 2.45) is 5.73 Å². The lowest BCUT2D eigenvalue weighted by Crippen LogP contribution is -2.34. The van der Waals surface area contributed by atoms with Crippen LogP contribution in [0.3, 0.4) is 0 Å². The summed E-state index contributed by atoms with van der Waals surface area (Å²) in [5.41, 5.74) is 4.50. The van der Waals surface area contributed by atoms with E-state index < -0.39 is 17.8 Å². The maximum atomic E-state index is 11.5. The second-order valence-electron chi connectivity index (χ2n) is 15.1. The number of alkyl halides is 2. The number of hydroxylamine groups is 2. The number of imide groups is 1. The molecule has 0 radical (unpaired) electrons. The molecule has 0 aromatic rings. The van der Waals surface area contributed by atoms with Gasteiger partial charge in [0.05, 0.1) is 22.8 Å². The lowest BCUT2D eigenvalue weighted by Gasteiger charge is -2.12. The molecule has 0 atom stereocenters. The summed E-state index contributed by atoms with van der Waals surface area (Å²) in [7, 11) is 9.58. The van der Waals surface area contributed by atoms with E-state index in [2.05, 4.69) is 105 Å². The molecule has 1 rings (SSSR count). The topological polar surface area (TPSA) is 350 Å². The highest BCUT2D eigenvalue weighted by molar-refractivity contribution is 9.09. The van der Waals surface area contributed by atoms with Crippen molar-refractivity contribution in [1.29, 1.82) is 0 Å². The number of halogens is 2. The highest BCUT2D eigenvalue weighted by Gasteiger charge is 2.32. The first-order chi connectivity index (χ1) is 36.5. The smallest absolute Gasteiger partial charge is 0.334 e. The molecule has 0 saturated carbocycles. The van der Waals surface area contributed by atoms with Crippen LogP contribution in [0.25, 0.3) is 0 Å². The highest BCUT2D eigenvalue weighted by Crippen LogP contribution is 2.12. The van der Waals surface area contributed by atoms with Crippen molar-refractivity contribution in [3.63, 3.8) is 0 Å². The molecule has 10 N–H and O–H groups in total. The van der Waals surface area contributed by atoms with Crippen LogP contribution in [0.4, 0.5) is 0 Å². The van der Waals surface area contributed by atoms with Crippen LogP contribution in [0.2, 0.25) is 0 Å². The third kappa shape index (κ3) is 78.0. The number of nitrogens with two attached hydrogens (primary N) is 1. The van der Waals surface area contributed by atoms with Crippen molar-refractivity contribution < 1.29 is 71.8 Å². The Balaban J connectivity index is -0.0000000973. The molecule has 0 aromatic heterocycles. The molecule has 81 heavy (non-hydrogen) atoms. The van der Waals surface area contributed by atoms with Gasteiger partial charge in [-0.05, 0) is 57.1 Å². The van der Waals surface area contributed by atoms with Gasteiger partial charge in [-0.2, -0.15) is 24.4 Å². The number of unbranched alkanes of at least 4 members (excludes halogenated alkanes) is 1. The maximum Gasteiger partial charge on any atom is 0.334 e. The standard InChI is InChI=1S/C14H27N3O4S.C9H11BrN2O5.C9H19NO2.C8H17NO2S.C6H11BrN2O2.CH5N.5CH4/c1-15-12(18)6-8-17-14(20)11-22-10-3-5-13(19)16-7-4-9-21-2;10-5-6(13)11-4-3-9(16)17-12-7(14)1-2-8(12)15;1-3-4-6-9(11)10-7-5-8-12-2;1-11-6-3-5-9-8(10)4-2-7-12;1-8-5(10)2-3-9-6(11)4-7;1-2;;;;;/h3-11H2,1-2H3,(H,15,18)(H,16,19)(H,17,20);1-5H2,(H,11,13);3-8H2,1-2H3,(H,10,11);12H,2-7H2,1H3,(H,9,10);2-4H2,1H3,(H,8,10)(H,9,11);2H2,1H3;5*1H4. The van der Waals surface area contributed by atoms with Crippen LogP contribution in [0.5, 0.6) is 0 Å². The Morgan fingerprint density at radius 3 is 1.20 bits per heavy atom. The van der Waals surface area contributed by atoms with E-state index in [1.807, 2.05) is 0 Å². The molecule has 25 nitrogen and oxygen atoms in total. The van der Waals surface area contributed by atoms with Gasteiger partial charge >= 0.3 is 5.97 Å². The maximum absolute atomic E-state index is 11.5. The molecule has 0 aliphatic carbocycles. The number of thioether (sulfide) groups is 1. The molecule has 1 fully saturated rings. The fourth-order valence-corrected chi connectivity index (χ4v) is 6.15. The minimum Gasteiger partial charge on any atom is -0.385 e. The molecule has 1 aliphatic heterocycles. The molecule has 0 spiro atoms. The summed E-state index contributed by atoms with van der Waals surface area (Å²) in [6.45, 7) is 7.06. The summed E-state index contributed by atoms with van der Waals surface area (Å²) in [6, 6.07) is 0. The molecule has 484 valence electrons. The molecular weight excluding hydrogens is 1230 g/mol. The number of nitrogens with zero attached hydrogens (tertiary/aromatic N) is 1. The summed E-state index contributed by atoms with van der Waals surface area (Å²) in [5, 5.41) is 22.0. The summed E-state index contributed by atoms with van der Waals surface area (Å²) in [6.07, 6.45) is 8.58. The number of hydrogen-bond donors (Lipinski definition) is 10. The Morgan fingerprint density at radius 2 is 0.852 bits per heavy atom. The van der Waals surface area contributed by atoms with E-state index in [9.17, 15) is 52.7 Å². The first-order valence-electron chi connectivity index (χ1n) is 24.9. The number of nitrogens with one attached hydrogen (secondary N) is 8. The lowest BCUT2D eigenvalue weighted by atomic mass is 10.2. The van der Waals surface area contributed by atoms with Crippen LogP contribution in [-0.2, 0) is 71.8 Å². The van der Waals surface area contributed by atoms with Gasteiger partial charge in [0.2, 0.25) is 47.3 Å². The van der Waals surface area contributed by atoms with Gasteiger partial charge in [0.15, 0.2) is 0 Å². The molecule has 29 heteroatoms. The van der Waals surface area contributed by atoms with Crippen LogP contribution in [0.1, 0.15) is 140 Å². The number of ether oxygens (including phenoxy) is 3. The Morgan fingerprint density at radius 1 is 0.506 bits per heavy atom. The van der Waals surface area contributed by atoms with E-state index in [1.165, 1.54) is 18.8 Å². The highest BCUT2D eigenvalue weighted by atomic mass is 79.9. The summed E-state index contributed by atoms with van der Waals surface area (Å²) in [4.78, 5) is 126. The summed E-state index contributed by atoms with van der Waals surface area (Å²) < 4.78 is 14.6. The van der Waals surface area contributed by atoms with Gasteiger partial charge in [0.25, 0.3) is 11.8 Å². The number of thiol groups is 1. The van der Waals surface area contributed by atoms with Crippen LogP contribution in [-0.4, -0.2) is 200 Å². The average Bonchev–Trinajstić information content (AvgIpc) is 3.73. The minimum absolute atomic E-state index is 0. The van der Waals surface area contributed by atoms with Crippen LogP contribution >= 0.6 is 56.3 Å². The van der Waals surface area contributed by atoms with E-state index >= 15 is 0 Å². The fraction of sp³-hybridized carbons (Fsp3) is 0.788. The SMILES string of the molecule is C.C.C.C.C.CCCCC(=O)NCCCOC.CN.CNC(=O)CCNC(=O)CBr.CNC(=O)CCNC(=O)CSCCCC(=O)NCCCOC.COCCCNC(=O)CCCS.O=C(CBr)NCCC(=O)ON1C(=O)CCC1=O. The lowest BCUT2D eigenvalue weighted by molar-refractivity contribution is -0.197. The van der Waals surface area contributed by atoms with Gasteiger partial charge in [-0.15, -0.1) is 5.06 Å². The molecule has 0 bridgehead atoms. The Bertz CT molecular complexity index is 1530. The van der Waals surface area contributed by atoms with Crippen molar-refractivity contribution in [2.45, 2.75) is 140 Å². The number of rotatable bonds is 36. The van der Waals surface area contributed by atoms with Crippen LogP contribution in [0.15, 0.2) is 0 Å².